The Bertz CT molecular complexity index is 373. The van der Waals surface area contributed by atoms with Gasteiger partial charge in [0.15, 0.2) is 12.9 Å². The van der Waals surface area contributed by atoms with Gasteiger partial charge in [0.25, 0.3) is 0 Å². The molecule has 0 unspecified atom stereocenters. The Labute approximate surface area is 87.5 Å². The van der Waals surface area contributed by atoms with Crippen LogP contribution in [0.3, 0.4) is 0 Å². The average molecular weight is 208 g/mol. The van der Waals surface area contributed by atoms with Crippen molar-refractivity contribution in [3.63, 3.8) is 0 Å². The van der Waals surface area contributed by atoms with Gasteiger partial charge in [0.1, 0.15) is 11.5 Å². The largest absolute Gasteiger partial charge is 0.508 e. The van der Waals surface area contributed by atoms with Crippen molar-refractivity contribution in [2.45, 2.75) is 13.8 Å². The van der Waals surface area contributed by atoms with Crippen LogP contribution in [0.5, 0.6) is 11.5 Å². The number of Topliss-reactive ketones (excluding diaryl/α,β-unsaturated/α-hetero) is 1. The van der Waals surface area contributed by atoms with Crippen molar-refractivity contribution in [2.75, 3.05) is 6.61 Å². The van der Waals surface area contributed by atoms with Gasteiger partial charge < -0.3 is 9.84 Å². The second-order valence-electron chi connectivity index (χ2n) is 3.28. The fraction of sp³-hybridized carbons (Fsp3) is 0.273. The van der Waals surface area contributed by atoms with Crippen LogP contribution in [0.1, 0.15) is 11.1 Å². The molecule has 0 saturated heterocycles. The van der Waals surface area contributed by atoms with E-state index < -0.39 is 5.78 Å². The van der Waals surface area contributed by atoms with E-state index in [1.165, 1.54) is 12.1 Å². The molecule has 0 radical (unpaired) electrons. The third-order valence-corrected chi connectivity index (χ3v) is 1.94. The summed E-state index contributed by atoms with van der Waals surface area (Å²) >= 11 is 0. The van der Waals surface area contributed by atoms with Gasteiger partial charge in [-0.2, -0.15) is 0 Å². The van der Waals surface area contributed by atoms with Crippen molar-refractivity contribution in [3.05, 3.63) is 23.3 Å². The summed E-state index contributed by atoms with van der Waals surface area (Å²) < 4.78 is 5.18. The number of rotatable bonds is 4. The number of phenolic OH excluding ortho intramolecular Hbond substituents is 1. The van der Waals surface area contributed by atoms with E-state index in [1.54, 1.807) is 13.8 Å². The fourth-order valence-corrected chi connectivity index (χ4v) is 1.33. The predicted octanol–water partition coefficient (Wildman–Crippen LogP) is 1.16. The number of carbonyl (C=O) groups is 2. The van der Waals surface area contributed by atoms with Crippen LogP contribution < -0.4 is 4.74 Å². The van der Waals surface area contributed by atoms with Crippen molar-refractivity contribution >= 4 is 12.1 Å². The first kappa shape index (κ1) is 11.2. The number of ketones is 1. The Morgan fingerprint density at radius 1 is 1.40 bits per heavy atom. The van der Waals surface area contributed by atoms with Gasteiger partial charge in [-0.3, -0.25) is 9.59 Å². The van der Waals surface area contributed by atoms with Crippen LogP contribution in [-0.4, -0.2) is 23.8 Å². The number of aromatic hydroxyl groups is 1. The third kappa shape index (κ3) is 2.80. The molecule has 80 valence electrons. The molecule has 0 aliphatic carbocycles. The summed E-state index contributed by atoms with van der Waals surface area (Å²) in [7, 11) is 0. The highest BCUT2D eigenvalue weighted by Gasteiger charge is 2.08. The van der Waals surface area contributed by atoms with Crippen molar-refractivity contribution in [1.82, 2.24) is 0 Å². The van der Waals surface area contributed by atoms with E-state index in [-0.39, 0.29) is 18.6 Å². The van der Waals surface area contributed by atoms with E-state index >= 15 is 0 Å². The second kappa shape index (κ2) is 4.59. The smallest absolute Gasteiger partial charge is 0.232 e. The first-order chi connectivity index (χ1) is 7.04. The summed E-state index contributed by atoms with van der Waals surface area (Å²) in [5.41, 5.74) is 1.46. The van der Waals surface area contributed by atoms with E-state index in [1.807, 2.05) is 0 Å². The molecular formula is C11H12O4. The van der Waals surface area contributed by atoms with Crippen molar-refractivity contribution < 1.29 is 19.4 Å². The van der Waals surface area contributed by atoms with Gasteiger partial charge >= 0.3 is 0 Å². The van der Waals surface area contributed by atoms with Gasteiger partial charge in [0.2, 0.25) is 5.78 Å². The maximum Gasteiger partial charge on any atom is 0.232 e. The lowest BCUT2D eigenvalue weighted by atomic mass is 10.1. The summed E-state index contributed by atoms with van der Waals surface area (Å²) in [6.07, 6.45) is 0.227. The third-order valence-electron chi connectivity index (χ3n) is 1.94. The number of hydrogen-bond acceptors (Lipinski definition) is 4. The van der Waals surface area contributed by atoms with Gasteiger partial charge in [-0.25, -0.2) is 0 Å². The SMILES string of the molecule is Cc1cc(O)cc(C)c1OCC(=O)C=O. The molecule has 1 aromatic rings. The Hall–Kier alpha value is -1.84. The molecule has 0 heterocycles. The Morgan fingerprint density at radius 2 is 1.93 bits per heavy atom. The quantitative estimate of drug-likeness (QED) is 0.595. The molecule has 4 nitrogen and oxygen atoms in total. The lowest BCUT2D eigenvalue weighted by molar-refractivity contribution is -0.131. The molecule has 1 aromatic carbocycles. The van der Waals surface area contributed by atoms with E-state index in [9.17, 15) is 14.7 Å². The normalized spacial score (nSPS) is 9.73. The van der Waals surface area contributed by atoms with E-state index in [0.717, 1.165) is 11.1 Å². The lowest BCUT2D eigenvalue weighted by Crippen LogP contribution is -2.12. The first-order valence-electron chi connectivity index (χ1n) is 4.45. The molecular weight excluding hydrogens is 196 g/mol. The minimum Gasteiger partial charge on any atom is -0.508 e. The Morgan fingerprint density at radius 3 is 2.40 bits per heavy atom. The summed E-state index contributed by atoms with van der Waals surface area (Å²) in [6.45, 7) is 3.25. The molecule has 0 saturated carbocycles. The molecule has 1 rings (SSSR count). The topological polar surface area (TPSA) is 63.6 Å². The van der Waals surface area contributed by atoms with E-state index in [2.05, 4.69) is 0 Å². The predicted molar refractivity (Wildman–Crippen MR) is 54.1 cm³/mol. The molecule has 0 amide bonds. The van der Waals surface area contributed by atoms with Crippen LogP contribution in [-0.2, 0) is 9.59 Å². The molecule has 4 heteroatoms. The molecule has 0 aliphatic rings. The zero-order chi connectivity index (χ0) is 11.4. The monoisotopic (exact) mass is 208 g/mol. The van der Waals surface area contributed by atoms with Crippen LogP contribution in [0, 0.1) is 13.8 Å². The van der Waals surface area contributed by atoms with Crippen LogP contribution in [0.4, 0.5) is 0 Å². The fourth-order valence-electron chi connectivity index (χ4n) is 1.33. The number of aldehydes is 1. The van der Waals surface area contributed by atoms with Crippen LogP contribution in [0.2, 0.25) is 0 Å². The van der Waals surface area contributed by atoms with E-state index in [4.69, 9.17) is 4.74 Å². The molecule has 1 N–H and O–H groups in total. The number of ether oxygens (including phenoxy) is 1. The Balaban J connectivity index is 2.85. The maximum absolute atomic E-state index is 10.7. The molecule has 0 fully saturated rings. The minimum atomic E-state index is -0.609. The number of aryl methyl sites for hydroxylation is 2. The first-order valence-corrected chi connectivity index (χ1v) is 4.45. The molecule has 0 aliphatic heterocycles. The summed E-state index contributed by atoms with van der Waals surface area (Å²) in [6, 6.07) is 3.07. The van der Waals surface area contributed by atoms with Gasteiger partial charge in [-0.1, -0.05) is 0 Å². The zero-order valence-corrected chi connectivity index (χ0v) is 8.61. The van der Waals surface area contributed by atoms with Gasteiger partial charge in [0.05, 0.1) is 0 Å². The maximum atomic E-state index is 10.7. The number of benzene rings is 1. The second-order valence-corrected chi connectivity index (χ2v) is 3.28. The standard InChI is InChI=1S/C11H12O4/c1-7-3-9(13)4-8(2)11(7)15-6-10(14)5-12/h3-5,13H,6H2,1-2H3. The molecule has 0 spiro atoms. The molecule has 0 bridgehead atoms. The van der Waals surface area contributed by atoms with Crippen LogP contribution >= 0.6 is 0 Å². The summed E-state index contributed by atoms with van der Waals surface area (Å²) in [5, 5.41) is 9.26. The van der Waals surface area contributed by atoms with Gasteiger partial charge in [-0.15, -0.1) is 0 Å². The number of carbonyl (C=O) groups excluding carboxylic acids is 2. The van der Waals surface area contributed by atoms with Gasteiger partial charge in [-0.05, 0) is 37.1 Å². The number of hydrogen-bond donors (Lipinski definition) is 1. The lowest BCUT2D eigenvalue weighted by Gasteiger charge is -2.10. The average Bonchev–Trinajstić information content (AvgIpc) is 2.15. The summed E-state index contributed by atoms with van der Waals surface area (Å²) in [5.74, 6) is 0.0731. The van der Waals surface area contributed by atoms with E-state index in [0.29, 0.717) is 5.75 Å². The number of phenols is 1. The van der Waals surface area contributed by atoms with Crippen molar-refractivity contribution in [1.29, 1.82) is 0 Å². The molecule has 0 aromatic heterocycles. The minimum absolute atomic E-state index is 0.152. The zero-order valence-electron chi connectivity index (χ0n) is 8.61. The highest BCUT2D eigenvalue weighted by Crippen LogP contribution is 2.27. The highest BCUT2D eigenvalue weighted by molar-refractivity contribution is 6.25. The van der Waals surface area contributed by atoms with Crippen LogP contribution in [0.25, 0.3) is 0 Å². The van der Waals surface area contributed by atoms with Gasteiger partial charge in [0, 0.05) is 0 Å². The Kier molecular flexibility index (Phi) is 3.44. The molecule has 0 atom stereocenters. The molecule has 15 heavy (non-hydrogen) atoms. The highest BCUT2D eigenvalue weighted by atomic mass is 16.5. The summed E-state index contributed by atoms with van der Waals surface area (Å²) in [4.78, 5) is 20.8. The van der Waals surface area contributed by atoms with Crippen molar-refractivity contribution in [3.8, 4) is 11.5 Å². The van der Waals surface area contributed by atoms with Crippen molar-refractivity contribution in [2.24, 2.45) is 0 Å². The van der Waals surface area contributed by atoms with Crippen LogP contribution in [0.15, 0.2) is 12.1 Å².